The predicted molar refractivity (Wildman–Crippen MR) is 97.3 cm³/mol. The number of halogens is 3. The maximum Gasteiger partial charge on any atom is 0.422 e. The second-order valence-electron chi connectivity index (χ2n) is 5.80. The Bertz CT molecular complexity index is 993. The molecule has 2 N–H and O–H groups in total. The summed E-state index contributed by atoms with van der Waals surface area (Å²) in [7, 11) is 0. The van der Waals surface area contributed by atoms with Crippen LogP contribution in [0.3, 0.4) is 0 Å². The van der Waals surface area contributed by atoms with E-state index in [9.17, 15) is 18.1 Å². The number of rotatable bonds is 8. The van der Waals surface area contributed by atoms with Crippen molar-refractivity contribution in [2.75, 3.05) is 17.2 Å². The minimum absolute atomic E-state index is 0.0293. The van der Waals surface area contributed by atoms with Crippen LogP contribution in [0.1, 0.15) is 11.5 Å². The number of benzene rings is 1. The first kappa shape index (κ1) is 20.0. The molecule has 0 bridgehead atoms. The van der Waals surface area contributed by atoms with Crippen LogP contribution in [0, 0.1) is 11.8 Å². The molecule has 0 saturated carbocycles. The third-order valence-corrected chi connectivity index (χ3v) is 3.40. The van der Waals surface area contributed by atoms with Crippen molar-refractivity contribution < 1.29 is 22.3 Å². The highest BCUT2D eigenvalue weighted by molar-refractivity contribution is 5.59. The Labute approximate surface area is 162 Å². The highest BCUT2D eigenvalue weighted by atomic mass is 19.4. The van der Waals surface area contributed by atoms with Gasteiger partial charge in [-0.1, -0.05) is 6.07 Å². The molecule has 29 heavy (non-hydrogen) atoms. The summed E-state index contributed by atoms with van der Waals surface area (Å²) in [6, 6.07) is 9.06. The number of nitrogens with one attached hydrogen (secondary N) is 2. The van der Waals surface area contributed by atoms with Gasteiger partial charge in [0, 0.05) is 5.69 Å². The second-order valence-corrected chi connectivity index (χ2v) is 5.80. The van der Waals surface area contributed by atoms with Gasteiger partial charge in [0.15, 0.2) is 6.61 Å². The molecule has 0 radical (unpaired) electrons. The van der Waals surface area contributed by atoms with Gasteiger partial charge in [0.25, 0.3) is 0 Å². The van der Waals surface area contributed by atoms with Crippen molar-refractivity contribution in [3.05, 3.63) is 52.8 Å². The van der Waals surface area contributed by atoms with Crippen LogP contribution >= 0.6 is 0 Å². The number of aromatic nitrogens is 3. The third-order valence-electron chi connectivity index (χ3n) is 3.40. The first-order valence-electron chi connectivity index (χ1n) is 8.26. The Morgan fingerprint density at radius 3 is 2.62 bits per heavy atom. The molecular formula is C17H15F3N6O3. The van der Waals surface area contributed by atoms with Gasteiger partial charge in [-0.05, 0) is 42.4 Å². The van der Waals surface area contributed by atoms with E-state index < -0.39 is 18.8 Å². The summed E-state index contributed by atoms with van der Waals surface area (Å²) < 4.78 is 47.4. The van der Waals surface area contributed by atoms with Gasteiger partial charge < -0.3 is 19.8 Å². The molecule has 12 heteroatoms. The molecule has 0 saturated heterocycles. The molecule has 3 aromatic rings. The van der Waals surface area contributed by atoms with E-state index in [1.807, 2.05) is 0 Å². The minimum Gasteiger partial charge on any atom is -0.465 e. The van der Waals surface area contributed by atoms with Crippen LogP contribution in [-0.4, -0.2) is 27.7 Å². The van der Waals surface area contributed by atoms with Gasteiger partial charge in [0.1, 0.15) is 17.2 Å². The van der Waals surface area contributed by atoms with Crippen LogP contribution < -0.4 is 15.4 Å². The van der Waals surface area contributed by atoms with Gasteiger partial charge in [0.05, 0.1) is 6.54 Å². The van der Waals surface area contributed by atoms with E-state index in [0.717, 1.165) is 0 Å². The van der Waals surface area contributed by atoms with Crippen LogP contribution in [0.2, 0.25) is 0 Å². The molecule has 1 aromatic carbocycles. The number of hydrogen-bond donors (Lipinski definition) is 2. The molecule has 0 aliphatic carbocycles. The van der Waals surface area contributed by atoms with E-state index >= 15 is 0 Å². The zero-order chi connectivity index (χ0) is 20.9. The molecule has 2 heterocycles. The van der Waals surface area contributed by atoms with Gasteiger partial charge in [-0.15, -0.1) is 4.91 Å². The summed E-state index contributed by atoms with van der Waals surface area (Å²) >= 11 is 0. The van der Waals surface area contributed by atoms with E-state index in [1.165, 1.54) is 12.1 Å². The second kappa shape index (κ2) is 8.54. The van der Waals surface area contributed by atoms with Crippen molar-refractivity contribution in [3.8, 4) is 6.01 Å². The highest BCUT2D eigenvalue weighted by Crippen LogP contribution is 2.22. The Kier molecular flexibility index (Phi) is 5.90. The summed E-state index contributed by atoms with van der Waals surface area (Å²) in [5.74, 6) is 1.18. The van der Waals surface area contributed by atoms with Gasteiger partial charge in [-0.2, -0.15) is 28.1 Å². The summed E-state index contributed by atoms with van der Waals surface area (Å²) in [5, 5.41) is 8.42. The number of hydrogen-bond acceptors (Lipinski definition) is 9. The topological polar surface area (TPSA) is 115 Å². The number of anilines is 3. The van der Waals surface area contributed by atoms with E-state index in [0.29, 0.717) is 17.2 Å². The molecule has 0 atom stereocenters. The number of aryl methyl sites for hydroxylation is 1. The fourth-order valence-corrected chi connectivity index (χ4v) is 2.22. The molecule has 0 aliphatic heterocycles. The zero-order valence-electron chi connectivity index (χ0n) is 15.0. The molecular weight excluding hydrogens is 393 g/mol. The summed E-state index contributed by atoms with van der Waals surface area (Å²) in [4.78, 5) is 22.4. The summed E-state index contributed by atoms with van der Waals surface area (Å²) in [6.07, 6.45) is -4.55. The normalized spacial score (nSPS) is 11.2. The third kappa shape index (κ3) is 6.16. The molecule has 0 unspecified atom stereocenters. The fraction of sp³-hybridized carbons (Fsp3) is 0.235. The van der Waals surface area contributed by atoms with Crippen molar-refractivity contribution in [3.63, 3.8) is 0 Å². The molecule has 2 aromatic heterocycles. The van der Waals surface area contributed by atoms with Crippen LogP contribution in [0.25, 0.3) is 0 Å². The first-order chi connectivity index (χ1) is 13.8. The lowest BCUT2D eigenvalue weighted by atomic mass is 10.3. The molecule has 0 fully saturated rings. The van der Waals surface area contributed by atoms with Crippen molar-refractivity contribution in [1.29, 1.82) is 0 Å². The van der Waals surface area contributed by atoms with E-state index in [2.05, 4.69) is 35.5 Å². The van der Waals surface area contributed by atoms with Crippen molar-refractivity contribution >= 4 is 23.3 Å². The number of nitrogens with zero attached hydrogens (tertiary/aromatic N) is 4. The zero-order valence-corrected chi connectivity index (χ0v) is 15.0. The average molecular weight is 408 g/mol. The maximum absolute atomic E-state index is 12.5. The monoisotopic (exact) mass is 408 g/mol. The standard InChI is InChI=1S/C17H15F3N6O3/c1-10-5-6-13(29-10)8-21-14-23-15(22-11-3-2-4-12(7-11)26-27)25-16(24-14)28-9-17(18,19)20/h2-7H,8-9H2,1H3,(H2,21,22,23,24,25). The Morgan fingerprint density at radius 2 is 1.93 bits per heavy atom. The van der Waals surface area contributed by atoms with Crippen LogP contribution in [0.5, 0.6) is 6.01 Å². The molecule has 0 aliphatic rings. The Hall–Kier alpha value is -3.70. The lowest BCUT2D eigenvalue weighted by Gasteiger charge is -2.11. The summed E-state index contributed by atoms with van der Waals surface area (Å²) in [5.41, 5.74) is 0.562. The Morgan fingerprint density at radius 1 is 1.14 bits per heavy atom. The van der Waals surface area contributed by atoms with Gasteiger partial charge in [-0.25, -0.2) is 0 Å². The quantitative estimate of drug-likeness (QED) is 0.525. The minimum atomic E-state index is -4.55. The smallest absolute Gasteiger partial charge is 0.422 e. The molecule has 3 rings (SSSR count). The average Bonchev–Trinajstić information content (AvgIpc) is 3.09. The molecule has 152 valence electrons. The SMILES string of the molecule is Cc1ccc(CNc2nc(Nc3cccc(N=O)c3)nc(OCC(F)(F)F)n2)o1. The fourth-order valence-electron chi connectivity index (χ4n) is 2.22. The van der Waals surface area contributed by atoms with E-state index in [-0.39, 0.29) is 24.1 Å². The molecule has 0 spiro atoms. The van der Waals surface area contributed by atoms with Crippen LogP contribution in [-0.2, 0) is 6.54 Å². The van der Waals surface area contributed by atoms with Gasteiger partial charge in [-0.3, -0.25) is 0 Å². The number of furan rings is 1. The van der Waals surface area contributed by atoms with E-state index in [4.69, 9.17) is 4.42 Å². The first-order valence-corrected chi connectivity index (χ1v) is 8.26. The number of ether oxygens (including phenoxy) is 1. The maximum atomic E-state index is 12.5. The van der Waals surface area contributed by atoms with E-state index in [1.54, 1.807) is 31.2 Å². The number of nitroso groups, excluding NO2 is 1. The molecule has 9 nitrogen and oxygen atoms in total. The van der Waals surface area contributed by atoms with Crippen LogP contribution in [0.15, 0.2) is 46.0 Å². The highest BCUT2D eigenvalue weighted by Gasteiger charge is 2.29. The van der Waals surface area contributed by atoms with Crippen LogP contribution in [0.4, 0.5) is 36.4 Å². The van der Waals surface area contributed by atoms with Crippen molar-refractivity contribution in [1.82, 2.24) is 15.0 Å². The van der Waals surface area contributed by atoms with Crippen molar-refractivity contribution in [2.45, 2.75) is 19.6 Å². The van der Waals surface area contributed by atoms with Gasteiger partial charge >= 0.3 is 12.2 Å². The Balaban J connectivity index is 1.81. The van der Waals surface area contributed by atoms with Gasteiger partial charge in [0.2, 0.25) is 11.9 Å². The summed E-state index contributed by atoms with van der Waals surface area (Å²) in [6.45, 7) is 0.415. The van der Waals surface area contributed by atoms with Crippen molar-refractivity contribution in [2.24, 2.45) is 5.18 Å². The number of alkyl halides is 3. The molecule has 0 amide bonds. The lowest BCUT2D eigenvalue weighted by molar-refractivity contribution is -0.154. The largest absolute Gasteiger partial charge is 0.465 e. The lowest BCUT2D eigenvalue weighted by Crippen LogP contribution is -2.20. The predicted octanol–water partition coefficient (Wildman–Crippen LogP) is 4.47.